The van der Waals surface area contributed by atoms with Crippen LogP contribution in [0.25, 0.3) is 0 Å². The van der Waals surface area contributed by atoms with E-state index < -0.39 is 0 Å². The minimum atomic E-state index is 0.655. The van der Waals surface area contributed by atoms with E-state index in [1.807, 2.05) is 5.38 Å². The van der Waals surface area contributed by atoms with Crippen molar-refractivity contribution in [3.63, 3.8) is 0 Å². The van der Waals surface area contributed by atoms with Crippen molar-refractivity contribution < 1.29 is 0 Å². The smallest absolute Gasteiger partial charge is 0.186 e. The molecule has 1 atom stereocenters. The van der Waals surface area contributed by atoms with E-state index in [9.17, 15) is 0 Å². The maximum atomic E-state index is 5.63. The molecule has 72 valence electrons. The largest absolute Gasteiger partial charge is 0.348 e. The molecule has 1 aliphatic rings. The molecule has 0 aliphatic carbocycles. The van der Waals surface area contributed by atoms with Gasteiger partial charge >= 0.3 is 0 Å². The summed E-state index contributed by atoms with van der Waals surface area (Å²) in [5, 5.41) is 3.13. The third kappa shape index (κ3) is 2.03. The quantitative estimate of drug-likeness (QED) is 0.881. The SMILES string of the molecule is NCC1CCN(c2nc(Br)cs2)C1. The average Bonchev–Trinajstić information content (AvgIpc) is 2.71. The van der Waals surface area contributed by atoms with Crippen molar-refractivity contribution >= 4 is 32.4 Å². The second kappa shape index (κ2) is 3.94. The molecule has 0 amide bonds. The molecule has 1 aromatic heterocycles. The molecular formula is C8H12BrN3S. The van der Waals surface area contributed by atoms with E-state index in [0.717, 1.165) is 29.4 Å². The van der Waals surface area contributed by atoms with Crippen molar-refractivity contribution in [3.8, 4) is 0 Å². The van der Waals surface area contributed by atoms with Crippen LogP contribution < -0.4 is 10.6 Å². The van der Waals surface area contributed by atoms with Gasteiger partial charge in [0, 0.05) is 18.5 Å². The van der Waals surface area contributed by atoms with Gasteiger partial charge in [-0.1, -0.05) is 0 Å². The number of hydrogen-bond acceptors (Lipinski definition) is 4. The molecule has 1 fully saturated rings. The van der Waals surface area contributed by atoms with Crippen molar-refractivity contribution in [1.29, 1.82) is 0 Å². The first kappa shape index (κ1) is 9.43. The normalized spacial score (nSPS) is 22.6. The molecule has 13 heavy (non-hydrogen) atoms. The fourth-order valence-electron chi connectivity index (χ4n) is 1.59. The van der Waals surface area contributed by atoms with Gasteiger partial charge in [-0.3, -0.25) is 0 Å². The van der Waals surface area contributed by atoms with Crippen LogP contribution in [0.2, 0.25) is 0 Å². The Balaban J connectivity index is 2.03. The van der Waals surface area contributed by atoms with Gasteiger partial charge in [-0.2, -0.15) is 0 Å². The van der Waals surface area contributed by atoms with Crippen LogP contribution in [0, 0.1) is 5.92 Å². The number of halogens is 1. The fraction of sp³-hybridized carbons (Fsp3) is 0.625. The Labute approximate surface area is 90.1 Å². The lowest BCUT2D eigenvalue weighted by Gasteiger charge is -2.13. The second-order valence-electron chi connectivity index (χ2n) is 3.29. The lowest BCUT2D eigenvalue weighted by molar-refractivity contribution is 0.602. The molecular weight excluding hydrogens is 250 g/mol. The summed E-state index contributed by atoms with van der Waals surface area (Å²) in [5.74, 6) is 0.655. The van der Waals surface area contributed by atoms with Crippen molar-refractivity contribution in [3.05, 3.63) is 9.98 Å². The first-order valence-electron chi connectivity index (χ1n) is 4.35. The van der Waals surface area contributed by atoms with Crippen molar-refractivity contribution in [1.82, 2.24) is 4.98 Å². The van der Waals surface area contributed by atoms with Gasteiger partial charge in [0.1, 0.15) is 4.60 Å². The number of nitrogens with two attached hydrogens (primary N) is 1. The van der Waals surface area contributed by atoms with E-state index >= 15 is 0 Å². The van der Waals surface area contributed by atoms with Gasteiger partial charge in [-0.05, 0) is 34.8 Å². The van der Waals surface area contributed by atoms with Crippen LogP contribution in [-0.2, 0) is 0 Å². The summed E-state index contributed by atoms with van der Waals surface area (Å²) < 4.78 is 0.934. The lowest BCUT2D eigenvalue weighted by atomic mass is 10.1. The van der Waals surface area contributed by atoms with Gasteiger partial charge in [-0.15, -0.1) is 11.3 Å². The van der Waals surface area contributed by atoms with Crippen molar-refractivity contribution in [2.45, 2.75) is 6.42 Å². The highest BCUT2D eigenvalue weighted by molar-refractivity contribution is 9.10. The van der Waals surface area contributed by atoms with Gasteiger partial charge in [0.2, 0.25) is 0 Å². The van der Waals surface area contributed by atoms with E-state index in [1.54, 1.807) is 11.3 Å². The first-order chi connectivity index (χ1) is 6.29. The molecule has 1 unspecified atom stereocenters. The van der Waals surface area contributed by atoms with Gasteiger partial charge < -0.3 is 10.6 Å². The standard InChI is InChI=1S/C8H12BrN3S/c9-7-5-13-8(11-7)12-2-1-6(3-10)4-12/h5-6H,1-4,10H2. The summed E-state index contributed by atoms with van der Waals surface area (Å²) in [6.07, 6.45) is 1.20. The second-order valence-corrected chi connectivity index (χ2v) is 4.94. The maximum Gasteiger partial charge on any atom is 0.186 e. The van der Waals surface area contributed by atoms with E-state index in [4.69, 9.17) is 5.73 Å². The van der Waals surface area contributed by atoms with E-state index in [0.29, 0.717) is 5.92 Å². The van der Waals surface area contributed by atoms with Crippen LogP contribution >= 0.6 is 27.3 Å². The summed E-state index contributed by atoms with van der Waals surface area (Å²) in [7, 11) is 0. The number of aromatic nitrogens is 1. The van der Waals surface area contributed by atoms with Crippen LogP contribution in [0.4, 0.5) is 5.13 Å². The molecule has 0 radical (unpaired) electrons. The monoisotopic (exact) mass is 261 g/mol. The number of anilines is 1. The molecule has 0 saturated carbocycles. The van der Waals surface area contributed by atoms with Gasteiger partial charge in [0.05, 0.1) is 0 Å². The molecule has 1 aromatic rings. The first-order valence-corrected chi connectivity index (χ1v) is 6.03. The Morgan fingerprint density at radius 2 is 2.62 bits per heavy atom. The van der Waals surface area contributed by atoms with Crippen LogP contribution in [0.15, 0.2) is 9.98 Å². The van der Waals surface area contributed by atoms with E-state index in [2.05, 4.69) is 25.8 Å². The zero-order chi connectivity index (χ0) is 9.26. The van der Waals surface area contributed by atoms with Crippen LogP contribution in [-0.4, -0.2) is 24.6 Å². The highest BCUT2D eigenvalue weighted by Gasteiger charge is 2.22. The highest BCUT2D eigenvalue weighted by Crippen LogP contribution is 2.28. The third-order valence-electron chi connectivity index (χ3n) is 2.35. The molecule has 0 bridgehead atoms. The molecule has 0 aromatic carbocycles. The number of nitrogens with zero attached hydrogens (tertiary/aromatic N) is 2. The summed E-state index contributed by atoms with van der Waals surface area (Å²) in [4.78, 5) is 6.69. The highest BCUT2D eigenvalue weighted by atomic mass is 79.9. The van der Waals surface area contributed by atoms with Gasteiger partial charge in [-0.25, -0.2) is 4.98 Å². The molecule has 2 N–H and O–H groups in total. The summed E-state index contributed by atoms with van der Waals surface area (Å²) in [6.45, 7) is 2.96. The number of hydrogen-bond donors (Lipinski definition) is 1. The molecule has 1 aliphatic heterocycles. The fourth-order valence-corrected chi connectivity index (χ4v) is 2.88. The van der Waals surface area contributed by atoms with E-state index in [1.165, 1.54) is 6.42 Å². The Morgan fingerprint density at radius 3 is 3.15 bits per heavy atom. The topological polar surface area (TPSA) is 42.1 Å². The van der Waals surface area contributed by atoms with Crippen molar-refractivity contribution in [2.24, 2.45) is 11.7 Å². The Morgan fingerprint density at radius 1 is 1.77 bits per heavy atom. The molecule has 2 heterocycles. The lowest BCUT2D eigenvalue weighted by Crippen LogP contribution is -2.22. The summed E-state index contributed by atoms with van der Waals surface area (Å²) >= 11 is 5.05. The Hall–Kier alpha value is -0.130. The average molecular weight is 262 g/mol. The van der Waals surface area contributed by atoms with Crippen LogP contribution in [0.1, 0.15) is 6.42 Å². The minimum absolute atomic E-state index is 0.655. The minimum Gasteiger partial charge on any atom is -0.348 e. The zero-order valence-corrected chi connectivity index (χ0v) is 9.64. The molecule has 0 spiro atoms. The zero-order valence-electron chi connectivity index (χ0n) is 7.24. The molecule has 3 nitrogen and oxygen atoms in total. The predicted octanol–water partition coefficient (Wildman–Crippen LogP) is 1.69. The van der Waals surface area contributed by atoms with Gasteiger partial charge in [0.25, 0.3) is 0 Å². The van der Waals surface area contributed by atoms with Gasteiger partial charge in [0.15, 0.2) is 5.13 Å². The summed E-state index contributed by atoms with van der Waals surface area (Å²) in [6, 6.07) is 0. The Kier molecular flexibility index (Phi) is 2.86. The molecule has 1 saturated heterocycles. The predicted molar refractivity (Wildman–Crippen MR) is 59.2 cm³/mol. The number of thiazole rings is 1. The van der Waals surface area contributed by atoms with Crippen molar-refractivity contribution in [2.75, 3.05) is 24.5 Å². The van der Waals surface area contributed by atoms with Crippen LogP contribution in [0.5, 0.6) is 0 Å². The molecule has 2 rings (SSSR count). The van der Waals surface area contributed by atoms with E-state index in [-0.39, 0.29) is 0 Å². The summed E-state index contributed by atoms with van der Waals surface area (Å²) in [5.41, 5.74) is 5.63. The Bertz CT molecular complexity index is 289. The maximum absolute atomic E-state index is 5.63. The molecule has 5 heteroatoms. The number of rotatable bonds is 2. The van der Waals surface area contributed by atoms with Crippen LogP contribution in [0.3, 0.4) is 0 Å². The third-order valence-corrected chi connectivity index (χ3v) is 3.96.